The minimum absolute atomic E-state index is 0.00614. The number of aromatic nitrogens is 1. The monoisotopic (exact) mass is 365 g/mol. The second-order valence-electron chi connectivity index (χ2n) is 5.56. The molecular weight excluding hydrogens is 346 g/mol. The molecule has 2 heterocycles. The van der Waals surface area contributed by atoms with Gasteiger partial charge in [0.2, 0.25) is 15.9 Å². The lowest BCUT2D eigenvalue weighted by atomic mass is 10.2. The number of thiazole rings is 1. The van der Waals surface area contributed by atoms with Crippen LogP contribution in [0.4, 0.5) is 5.13 Å². The van der Waals surface area contributed by atoms with Crippen molar-refractivity contribution in [2.75, 3.05) is 17.6 Å². The number of nitrogens with zero attached hydrogens (tertiary/aromatic N) is 2. The SMILES string of the molecule is CCS(=O)(=O)N1CCCC1C(=O)Nc1nc(-c2ccccc2)cs1. The van der Waals surface area contributed by atoms with Gasteiger partial charge in [0.15, 0.2) is 5.13 Å². The summed E-state index contributed by atoms with van der Waals surface area (Å²) in [4.78, 5) is 16.9. The second-order valence-corrected chi connectivity index (χ2v) is 8.63. The number of benzene rings is 1. The molecule has 1 N–H and O–H groups in total. The van der Waals surface area contributed by atoms with Crippen molar-refractivity contribution in [1.29, 1.82) is 0 Å². The summed E-state index contributed by atoms with van der Waals surface area (Å²) in [5.41, 5.74) is 1.77. The number of rotatable bonds is 5. The third kappa shape index (κ3) is 3.50. The van der Waals surface area contributed by atoms with E-state index in [2.05, 4.69) is 10.3 Å². The van der Waals surface area contributed by atoms with Crippen LogP contribution in [0.5, 0.6) is 0 Å². The van der Waals surface area contributed by atoms with Gasteiger partial charge < -0.3 is 5.32 Å². The van der Waals surface area contributed by atoms with Gasteiger partial charge in [0.1, 0.15) is 6.04 Å². The lowest BCUT2D eigenvalue weighted by Crippen LogP contribution is -2.43. The zero-order valence-electron chi connectivity index (χ0n) is 13.3. The Kier molecular flexibility index (Phi) is 4.98. The van der Waals surface area contributed by atoms with Crippen molar-refractivity contribution in [2.45, 2.75) is 25.8 Å². The van der Waals surface area contributed by atoms with Crippen molar-refractivity contribution in [3.05, 3.63) is 35.7 Å². The first-order valence-corrected chi connectivity index (χ1v) is 10.3. The predicted octanol–water partition coefficient (Wildman–Crippen LogP) is 2.56. The largest absolute Gasteiger partial charge is 0.301 e. The number of nitrogens with one attached hydrogen (secondary N) is 1. The number of hydrogen-bond acceptors (Lipinski definition) is 5. The molecule has 0 spiro atoms. The fourth-order valence-electron chi connectivity index (χ4n) is 2.76. The van der Waals surface area contributed by atoms with Crippen LogP contribution in [0.3, 0.4) is 0 Å². The van der Waals surface area contributed by atoms with E-state index in [0.717, 1.165) is 11.3 Å². The topological polar surface area (TPSA) is 79.4 Å². The van der Waals surface area contributed by atoms with Crippen LogP contribution in [0.1, 0.15) is 19.8 Å². The fourth-order valence-corrected chi connectivity index (χ4v) is 4.81. The number of carbonyl (C=O) groups is 1. The Labute approximate surface area is 145 Å². The van der Waals surface area contributed by atoms with E-state index in [0.29, 0.717) is 24.5 Å². The van der Waals surface area contributed by atoms with E-state index in [1.807, 2.05) is 35.7 Å². The molecule has 0 radical (unpaired) electrons. The molecular formula is C16H19N3O3S2. The van der Waals surface area contributed by atoms with Crippen LogP contribution >= 0.6 is 11.3 Å². The molecule has 1 aromatic carbocycles. The van der Waals surface area contributed by atoms with Gasteiger partial charge in [-0.15, -0.1) is 11.3 Å². The van der Waals surface area contributed by atoms with Gasteiger partial charge >= 0.3 is 0 Å². The molecule has 1 saturated heterocycles. The van der Waals surface area contributed by atoms with Gasteiger partial charge in [0.05, 0.1) is 11.4 Å². The maximum Gasteiger partial charge on any atom is 0.244 e. The molecule has 1 aliphatic rings. The third-order valence-electron chi connectivity index (χ3n) is 4.03. The number of amides is 1. The molecule has 1 unspecified atom stereocenters. The molecule has 1 amide bonds. The highest BCUT2D eigenvalue weighted by Gasteiger charge is 2.37. The molecule has 0 saturated carbocycles. The fraction of sp³-hybridized carbons (Fsp3) is 0.375. The van der Waals surface area contributed by atoms with Crippen LogP contribution in [-0.2, 0) is 14.8 Å². The van der Waals surface area contributed by atoms with Gasteiger partial charge in [0, 0.05) is 17.5 Å². The Hall–Kier alpha value is -1.77. The maximum absolute atomic E-state index is 12.5. The third-order valence-corrected chi connectivity index (χ3v) is 6.67. The van der Waals surface area contributed by atoms with E-state index in [-0.39, 0.29) is 11.7 Å². The van der Waals surface area contributed by atoms with E-state index in [1.54, 1.807) is 6.92 Å². The lowest BCUT2D eigenvalue weighted by molar-refractivity contribution is -0.119. The second kappa shape index (κ2) is 7.00. The zero-order valence-corrected chi connectivity index (χ0v) is 14.9. The minimum Gasteiger partial charge on any atom is -0.301 e. The Morgan fingerprint density at radius 2 is 2.12 bits per heavy atom. The number of hydrogen-bond donors (Lipinski definition) is 1. The van der Waals surface area contributed by atoms with Gasteiger partial charge in [-0.2, -0.15) is 4.31 Å². The highest BCUT2D eigenvalue weighted by molar-refractivity contribution is 7.89. The van der Waals surface area contributed by atoms with Crippen LogP contribution < -0.4 is 5.32 Å². The Morgan fingerprint density at radius 3 is 2.83 bits per heavy atom. The van der Waals surface area contributed by atoms with Crippen LogP contribution in [0, 0.1) is 0 Å². The summed E-state index contributed by atoms with van der Waals surface area (Å²) in [6, 6.07) is 9.05. The van der Waals surface area contributed by atoms with E-state index in [4.69, 9.17) is 0 Å². The minimum atomic E-state index is -3.37. The van der Waals surface area contributed by atoms with Crippen LogP contribution in [-0.4, -0.2) is 42.0 Å². The number of sulfonamides is 1. The van der Waals surface area contributed by atoms with Gasteiger partial charge in [-0.25, -0.2) is 13.4 Å². The molecule has 0 aliphatic carbocycles. The molecule has 6 nitrogen and oxygen atoms in total. The molecule has 128 valence electrons. The molecule has 24 heavy (non-hydrogen) atoms. The summed E-state index contributed by atoms with van der Waals surface area (Å²) < 4.78 is 25.5. The predicted molar refractivity (Wildman–Crippen MR) is 95.4 cm³/mol. The molecule has 2 aromatic rings. The summed E-state index contributed by atoms with van der Waals surface area (Å²) >= 11 is 1.33. The standard InChI is InChI=1S/C16H19N3O3S2/c1-2-24(21,22)19-10-6-9-14(19)15(20)18-16-17-13(11-23-16)12-7-4-3-5-8-12/h3-5,7-8,11,14H,2,6,9-10H2,1H3,(H,17,18,20). The molecule has 3 rings (SSSR count). The lowest BCUT2D eigenvalue weighted by Gasteiger charge is -2.22. The molecule has 8 heteroatoms. The summed E-state index contributed by atoms with van der Waals surface area (Å²) in [5.74, 6) is -0.301. The summed E-state index contributed by atoms with van der Waals surface area (Å²) in [6.45, 7) is 2.00. The van der Waals surface area contributed by atoms with Crippen molar-refractivity contribution >= 4 is 32.4 Å². The van der Waals surface area contributed by atoms with Crippen molar-refractivity contribution in [1.82, 2.24) is 9.29 Å². The average molecular weight is 365 g/mol. The first kappa shape index (κ1) is 17.1. The smallest absolute Gasteiger partial charge is 0.244 e. The van der Waals surface area contributed by atoms with Gasteiger partial charge in [-0.1, -0.05) is 30.3 Å². The number of anilines is 1. The van der Waals surface area contributed by atoms with Gasteiger partial charge in [0.25, 0.3) is 0 Å². The van der Waals surface area contributed by atoms with Crippen LogP contribution in [0.2, 0.25) is 0 Å². The van der Waals surface area contributed by atoms with Crippen LogP contribution in [0.25, 0.3) is 11.3 Å². The Bertz CT molecular complexity index is 818. The molecule has 1 atom stereocenters. The van der Waals surface area contributed by atoms with Crippen molar-refractivity contribution in [3.8, 4) is 11.3 Å². The number of carbonyl (C=O) groups excluding carboxylic acids is 1. The zero-order chi connectivity index (χ0) is 17.2. The van der Waals surface area contributed by atoms with Gasteiger partial charge in [-0.05, 0) is 19.8 Å². The van der Waals surface area contributed by atoms with E-state index in [1.165, 1.54) is 15.6 Å². The van der Waals surface area contributed by atoms with Crippen molar-refractivity contribution in [2.24, 2.45) is 0 Å². The normalized spacial score (nSPS) is 18.6. The van der Waals surface area contributed by atoms with Crippen molar-refractivity contribution < 1.29 is 13.2 Å². The van der Waals surface area contributed by atoms with Crippen molar-refractivity contribution in [3.63, 3.8) is 0 Å². The summed E-state index contributed by atoms with van der Waals surface area (Å²) in [6.07, 6.45) is 1.24. The molecule has 0 bridgehead atoms. The first-order chi connectivity index (χ1) is 11.5. The highest BCUT2D eigenvalue weighted by atomic mass is 32.2. The van der Waals surface area contributed by atoms with Crippen LogP contribution in [0.15, 0.2) is 35.7 Å². The van der Waals surface area contributed by atoms with E-state index >= 15 is 0 Å². The maximum atomic E-state index is 12.5. The molecule has 1 aliphatic heterocycles. The van der Waals surface area contributed by atoms with E-state index in [9.17, 15) is 13.2 Å². The molecule has 1 fully saturated rings. The highest BCUT2D eigenvalue weighted by Crippen LogP contribution is 2.27. The Morgan fingerprint density at radius 1 is 1.38 bits per heavy atom. The van der Waals surface area contributed by atoms with Gasteiger partial charge in [-0.3, -0.25) is 4.79 Å². The quantitative estimate of drug-likeness (QED) is 0.883. The molecule has 1 aromatic heterocycles. The first-order valence-electron chi connectivity index (χ1n) is 7.82. The Balaban J connectivity index is 1.72. The van der Waals surface area contributed by atoms with E-state index < -0.39 is 16.1 Å². The summed E-state index contributed by atoms with van der Waals surface area (Å²) in [5, 5.41) is 5.12. The summed E-state index contributed by atoms with van der Waals surface area (Å²) in [7, 11) is -3.37. The average Bonchev–Trinajstić information content (AvgIpc) is 3.25.